The summed E-state index contributed by atoms with van der Waals surface area (Å²) < 4.78 is 5.55. The molecule has 3 heteroatoms. The quantitative estimate of drug-likeness (QED) is 0.854. The first kappa shape index (κ1) is 11.1. The summed E-state index contributed by atoms with van der Waals surface area (Å²) in [4.78, 5) is 0. The van der Waals surface area contributed by atoms with Gasteiger partial charge in [0.25, 0.3) is 0 Å². The molecule has 2 N–H and O–H groups in total. The Morgan fingerprint density at radius 1 is 1.67 bits per heavy atom. The van der Waals surface area contributed by atoms with Crippen molar-refractivity contribution in [1.29, 1.82) is 0 Å². The van der Waals surface area contributed by atoms with Crippen LogP contribution in [0.1, 0.15) is 25.3 Å². The predicted octanol–water partition coefficient (Wildman–Crippen LogP) is 2.43. The standard InChI is InChI=1S/C12H19NOS/c1-9-11(4-6-14-9)12(13)3-2-10-5-7-15-8-10/h5,7-9,11-12H,2-4,6,13H2,1H3. The van der Waals surface area contributed by atoms with Gasteiger partial charge in [0.1, 0.15) is 0 Å². The maximum atomic E-state index is 6.21. The predicted molar refractivity (Wildman–Crippen MR) is 64.1 cm³/mol. The molecule has 1 aromatic heterocycles. The summed E-state index contributed by atoms with van der Waals surface area (Å²) in [5, 5.41) is 4.34. The highest BCUT2D eigenvalue weighted by molar-refractivity contribution is 7.07. The highest BCUT2D eigenvalue weighted by Crippen LogP contribution is 2.25. The Kier molecular flexibility index (Phi) is 3.78. The van der Waals surface area contributed by atoms with E-state index in [1.54, 1.807) is 11.3 Å². The minimum atomic E-state index is 0.294. The topological polar surface area (TPSA) is 35.2 Å². The second-order valence-electron chi connectivity index (χ2n) is 4.36. The zero-order valence-electron chi connectivity index (χ0n) is 9.19. The van der Waals surface area contributed by atoms with Crippen LogP contribution in [-0.4, -0.2) is 18.8 Å². The van der Waals surface area contributed by atoms with E-state index in [1.165, 1.54) is 5.56 Å². The average molecular weight is 225 g/mol. The van der Waals surface area contributed by atoms with Crippen molar-refractivity contribution >= 4 is 11.3 Å². The molecule has 2 nitrogen and oxygen atoms in total. The van der Waals surface area contributed by atoms with Crippen molar-refractivity contribution in [1.82, 2.24) is 0 Å². The van der Waals surface area contributed by atoms with Crippen LogP contribution in [0.2, 0.25) is 0 Å². The van der Waals surface area contributed by atoms with Crippen molar-refractivity contribution in [3.05, 3.63) is 22.4 Å². The van der Waals surface area contributed by atoms with Crippen molar-refractivity contribution in [3.8, 4) is 0 Å². The molecule has 1 aromatic rings. The summed E-state index contributed by atoms with van der Waals surface area (Å²) >= 11 is 1.76. The van der Waals surface area contributed by atoms with Crippen LogP contribution in [0.4, 0.5) is 0 Å². The van der Waals surface area contributed by atoms with Crippen molar-refractivity contribution in [2.75, 3.05) is 6.61 Å². The third-order valence-corrected chi connectivity index (χ3v) is 4.06. The van der Waals surface area contributed by atoms with Crippen molar-refractivity contribution < 1.29 is 4.74 Å². The normalized spacial score (nSPS) is 28.1. The molecule has 0 saturated carbocycles. The van der Waals surface area contributed by atoms with Gasteiger partial charge in [-0.2, -0.15) is 11.3 Å². The summed E-state index contributed by atoms with van der Waals surface area (Å²) in [5.74, 6) is 0.559. The Morgan fingerprint density at radius 3 is 3.13 bits per heavy atom. The Morgan fingerprint density at radius 2 is 2.53 bits per heavy atom. The van der Waals surface area contributed by atoms with E-state index in [2.05, 4.69) is 23.8 Å². The molecule has 0 amide bonds. The van der Waals surface area contributed by atoms with Crippen molar-refractivity contribution in [2.24, 2.45) is 11.7 Å². The SMILES string of the molecule is CC1OCCC1C(N)CCc1ccsc1. The number of aryl methyl sites for hydroxylation is 1. The van der Waals surface area contributed by atoms with Gasteiger partial charge in [-0.15, -0.1) is 0 Å². The Labute approximate surface area is 95.4 Å². The largest absolute Gasteiger partial charge is 0.378 e. The molecule has 1 saturated heterocycles. The van der Waals surface area contributed by atoms with Crippen LogP contribution in [0.5, 0.6) is 0 Å². The number of thiophene rings is 1. The maximum Gasteiger partial charge on any atom is 0.0590 e. The molecule has 0 bridgehead atoms. The summed E-state index contributed by atoms with van der Waals surface area (Å²) in [6, 6.07) is 2.48. The molecule has 0 spiro atoms. The van der Waals surface area contributed by atoms with Crippen LogP contribution >= 0.6 is 11.3 Å². The molecule has 2 rings (SSSR count). The number of hydrogen-bond donors (Lipinski definition) is 1. The molecule has 3 unspecified atom stereocenters. The lowest BCUT2D eigenvalue weighted by molar-refractivity contribution is 0.0987. The van der Waals surface area contributed by atoms with Gasteiger partial charge in [0.15, 0.2) is 0 Å². The zero-order valence-corrected chi connectivity index (χ0v) is 10.0. The van der Waals surface area contributed by atoms with Gasteiger partial charge >= 0.3 is 0 Å². The van der Waals surface area contributed by atoms with Crippen LogP contribution in [0.25, 0.3) is 0 Å². The summed E-state index contributed by atoms with van der Waals surface area (Å²) in [6.45, 7) is 3.03. The van der Waals surface area contributed by atoms with Gasteiger partial charge < -0.3 is 10.5 Å². The number of nitrogens with two attached hydrogens (primary N) is 1. The zero-order chi connectivity index (χ0) is 10.7. The Hall–Kier alpha value is -0.380. The van der Waals surface area contributed by atoms with E-state index in [0.29, 0.717) is 18.1 Å². The van der Waals surface area contributed by atoms with Crippen LogP contribution in [0, 0.1) is 5.92 Å². The van der Waals surface area contributed by atoms with Gasteiger partial charge in [-0.1, -0.05) is 0 Å². The summed E-state index contributed by atoms with van der Waals surface area (Å²) in [7, 11) is 0. The van der Waals surface area contributed by atoms with Crippen LogP contribution in [0.3, 0.4) is 0 Å². The second-order valence-corrected chi connectivity index (χ2v) is 5.14. The van der Waals surface area contributed by atoms with E-state index in [-0.39, 0.29) is 0 Å². The smallest absolute Gasteiger partial charge is 0.0590 e. The molecular formula is C12H19NOS. The number of rotatable bonds is 4. The van der Waals surface area contributed by atoms with E-state index in [1.807, 2.05) is 0 Å². The van der Waals surface area contributed by atoms with Crippen LogP contribution in [-0.2, 0) is 11.2 Å². The first-order valence-corrected chi connectivity index (χ1v) is 6.60. The summed E-state index contributed by atoms with van der Waals surface area (Å²) in [6.07, 6.45) is 3.66. The first-order chi connectivity index (χ1) is 7.27. The van der Waals surface area contributed by atoms with E-state index >= 15 is 0 Å². The van der Waals surface area contributed by atoms with E-state index in [4.69, 9.17) is 10.5 Å². The number of hydrogen-bond acceptors (Lipinski definition) is 3. The Balaban J connectivity index is 1.79. The Bertz CT molecular complexity index is 286. The van der Waals surface area contributed by atoms with Gasteiger partial charge in [-0.3, -0.25) is 0 Å². The monoisotopic (exact) mass is 225 g/mol. The fourth-order valence-corrected chi connectivity index (χ4v) is 3.00. The second kappa shape index (κ2) is 5.10. The fraction of sp³-hybridized carbons (Fsp3) is 0.667. The van der Waals surface area contributed by atoms with Crippen LogP contribution in [0.15, 0.2) is 16.8 Å². The van der Waals surface area contributed by atoms with Crippen molar-refractivity contribution in [2.45, 2.75) is 38.3 Å². The molecule has 1 aliphatic heterocycles. The van der Waals surface area contributed by atoms with E-state index < -0.39 is 0 Å². The molecule has 1 aliphatic rings. The van der Waals surface area contributed by atoms with E-state index in [9.17, 15) is 0 Å². The lowest BCUT2D eigenvalue weighted by Crippen LogP contribution is -2.34. The molecule has 15 heavy (non-hydrogen) atoms. The molecule has 0 radical (unpaired) electrons. The minimum absolute atomic E-state index is 0.294. The maximum absolute atomic E-state index is 6.21. The van der Waals surface area contributed by atoms with E-state index in [0.717, 1.165) is 25.9 Å². The van der Waals surface area contributed by atoms with Crippen LogP contribution < -0.4 is 5.73 Å². The average Bonchev–Trinajstić information content (AvgIpc) is 2.84. The third-order valence-electron chi connectivity index (χ3n) is 3.33. The molecule has 2 heterocycles. The molecular weight excluding hydrogens is 206 g/mol. The molecule has 1 fully saturated rings. The van der Waals surface area contributed by atoms with Crippen molar-refractivity contribution in [3.63, 3.8) is 0 Å². The van der Waals surface area contributed by atoms with Gasteiger partial charge in [-0.25, -0.2) is 0 Å². The van der Waals surface area contributed by atoms with Gasteiger partial charge in [-0.05, 0) is 48.6 Å². The lowest BCUT2D eigenvalue weighted by Gasteiger charge is -2.21. The van der Waals surface area contributed by atoms with Gasteiger partial charge in [0.05, 0.1) is 6.10 Å². The fourth-order valence-electron chi connectivity index (χ4n) is 2.29. The highest BCUT2D eigenvalue weighted by atomic mass is 32.1. The molecule has 3 atom stereocenters. The van der Waals surface area contributed by atoms with Gasteiger partial charge in [0, 0.05) is 18.6 Å². The lowest BCUT2D eigenvalue weighted by atomic mass is 9.90. The summed E-state index contributed by atoms with van der Waals surface area (Å²) in [5.41, 5.74) is 7.63. The van der Waals surface area contributed by atoms with Gasteiger partial charge in [0.2, 0.25) is 0 Å². The first-order valence-electron chi connectivity index (χ1n) is 5.65. The highest BCUT2D eigenvalue weighted by Gasteiger charge is 2.29. The molecule has 0 aliphatic carbocycles. The minimum Gasteiger partial charge on any atom is -0.378 e. The number of ether oxygens (including phenoxy) is 1. The third kappa shape index (κ3) is 2.80. The molecule has 84 valence electrons. The molecule has 0 aromatic carbocycles.